The molecule has 1 aliphatic heterocycles. The van der Waals surface area contributed by atoms with Gasteiger partial charge in [0.2, 0.25) is 0 Å². The van der Waals surface area contributed by atoms with Crippen molar-refractivity contribution in [2.75, 3.05) is 6.54 Å². The van der Waals surface area contributed by atoms with Crippen molar-refractivity contribution < 1.29 is 0 Å². The minimum Gasteiger partial charge on any atom is -0.370 e. The molecule has 2 unspecified atom stereocenters. The Morgan fingerprint density at radius 2 is 2.47 bits per heavy atom. The molecule has 1 aromatic heterocycles. The molecule has 0 bridgehead atoms. The molecular weight excluding hydrogens is 254 g/mol. The second kappa shape index (κ2) is 5.16. The summed E-state index contributed by atoms with van der Waals surface area (Å²) in [5.74, 6) is 1.60. The Morgan fingerprint density at radius 3 is 3.21 bits per heavy atom. The summed E-state index contributed by atoms with van der Waals surface area (Å²) in [6, 6.07) is 4.32. The first-order valence-corrected chi connectivity index (χ1v) is 8.21. The van der Waals surface area contributed by atoms with Gasteiger partial charge in [-0.05, 0) is 30.2 Å². The van der Waals surface area contributed by atoms with Crippen LogP contribution in [0.15, 0.2) is 22.5 Å². The predicted molar refractivity (Wildman–Crippen MR) is 81.3 cm³/mol. The van der Waals surface area contributed by atoms with Gasteiger partial charge in [-0.25, -0.2) is 0 Å². The molecule has 3 nitrogen and oxygen atoms in total. The first-order valence-electron chi connectivity index (χ1n) is 7.33. The summed E-state index contributed by atoms with van der Waals surface area (Å²) < 4.78 is 0. The highest BCUT2D eigenvalue weighted by atomic mass is 32.1. The molecule has 2 N–H and O–H groups in total. The highest BCUT2D eigenvalue weighted by Crippen LogP contribution is 2.41. The van der Waals surface area contributed by atoms with Gasteiger partial charge in [-0.1, -0.05) is 32.3 Å². The maximum Gasteiger partial charge on any atom is 0.192 e. The standard InChI is InChI=1S/C15H23N3S/c1-2-12-5-3-7-15(9-12)11-17-14(16)18(15)10-13-6-4-8-19-13/h4,6,8,12H,2-3,5,7,9-11H2,1H3,(H2,16,17). The fourth-order valence-corrected chi connectivity index (χ4v) is 4.34. The topological polar surface area (TPSA) is 41.6 Å². The van der Waals surface area contributed by atoms with Crippen LogP contribution in [0.1, 0.15) is 43.9 Å². The van der Waals surface area contributed by atoms with E-state index < -0.39 is 0 Å². The van der Waals surface area contributed by atoms with Crippen LogP contribution in [0.25, 0.3) is 0 Å². The van der Waals surface area contributed by atoms with Crippen LogP contribution in [-0.4, -0.2) is 22.9 Å². The van der Waals surface area contributed by atoms with E-state index >= 15 is 0 Å². The monoisotopic (exact) mass is 277 g/mol. The Bertz CT molecular complexity index is 454. The van der Waals surface area contributed by atoms with E-state index in [1.165, 1.54) is 37.0 Å². The number of thiophene rings is 1. The summed E-state index contributed by atoms with van der Waals surface area (Å²) in [6.07, 6.45) is 6.50. The van der Waals surface area contributed by atoms with Crippen LogP contribution in [-0.2, 0) is 6.54 Å². The van der Waals surface area contributed by atoms with Crippen LogP contribution in [0.3, 0.4) is 0 Å². The number of nitrogens with zero attached hydrogens (tertiary/aromatic N) is 2. The smallest absolute Gasteiger partial charge is 0.192 e. The first kappa shape index (κ1) is 13.0. The van der Waals surface area contributed by atoms with E-state index in [0.29, 0.717) is 0 Å². The van der Waals surface area contributed by atoms with Crippen LogP contribution in [0.4, 0.5) is 0 Å². The zero-order chi connectivity index (χ0) is 13.3. The van der Waals surface area contributed by atoms with E-state index in [9.17, 15) is 0 Å². The molecule has 0 amide bonds. The first-order chi connectivity index (χ1) is 9.23. The van der Waals surface area contributed by atoms with E-state index in [4.69, 9.17) is 5.73 Å². The van der Waals surface area contributed by atoms with Gasteiger partial charge in [-0.3, -0.25) is 4.99 Å². The van der Waals surface area contributed by atoms with Crippen LogP contribution in [0.5, 0.6) is 0 Å². The van der Waals surface area contributed by atoms with Gasteiger partial charge in [-0.15, -0.1) is 11.3 Å². The van der Waals surface area contributed by atoms with E-state index in [0.717, 1.165) is 25.0 Å². The van der Waals surface area contributed by atoms with E-state index in [1.54, 1.807) is 0 Å². The van der Waals surface area contributed by atoms with Gasteiger partial charge in [0.15, 0.2) is 5.96 Å². The Balaban J connectivity index is 1.80. The molecule has 3 rings (SSSR count). The van der Waals surface area contributed by atoms with Crippen LogP contribution in [0, 0.1) is 5.92 Å². The van der Waals surface area contributed by atoms with Crippen molar-refractivity contribution in [1.82, 2.24) is 4.90 Å². The molecule has 1 fully saturated rings. The van der Waals surface area contributed by atoms with Gasteiger partial charge in [0.1, 0.15) is 0 Å². The number of hydrogen-bond acceptors (Lipinski definition) is 4. The molecule has 1 aromatic rings. The van der Waals surface area contributed by atoms with E-state index in [2.05, 4.69) is 34.3 Å². The Morgan fingerprint density at radius 1 is 1.58 bits per heavy atom. The molecule has 0 radical (unpaired) electrons. The molecule has 1 saturated carbocycles. The number of aliphatic imine (C=N–C) groups is 1. The molecule has 19 heavy (non-hydrogen) atoms. The zero-order valence-corrected chi connectivity index (χ0v) is 12.5. The molecule has 1 spiro atoms. The zero-order valence-electron chi connectivity index (χ0n) is 11.6. The van der Waals surface area contributed by atoms with Crippen molar-refractivity contribution in [2.24, 2.45) is 16.6 Å². The van der Waals surface area contributed by atoms with Crippen molar-refractivity contribution in [2.45, 2.75) is 51.1 Å². The minimum absolute atomic E-state index is 0.215. The molecule has 104 valence electrons. The Hall–Kier alpha value is -1.03. The van der Waals surface area contributed by atoms with E-state index in [1.807, 2.05) is 11.3 Å². The second-order valence-corrected chi connectivity index (χ2v) is 6.97. The maximum absolute atomic E-state index is 6.17. The third kappa shape index (κ3) is 2.38. The fraction of sp³-hybridized carbons (Fsp3) is 0.667. The number of hydrogen-bond donors (Lipinski definition) is 1. The molecule has 0 saturated heterocycles. The van der Waals surface area contributed by atoms with Crippen molar-refractivity contribution in [3.8, 4) is 0 Å². The molecule has 2 heterocycles. The van der Waals surface area contributed by atoms with Gasteiger partial charge in [-0.2, -0.15) is 0 Å². The highest BCUT2D eigenvalue weighted by molar-refractivity contribution is 7.09. The van der Waals surface area contributed by atoms with Crippen LogP contribution in [0.2, 0.25) is 0 Å². The summed E-state index contributed by atoms with van der Waals surface area (Å²) >= 11 is 1.81. The van der Waals surface area contributed by atoms with Gasteiger partial charge in [0.05, 0.1) is 18.6 Å². The van der Waals surface area contributed by atoms with Gasteiger partial charge in [0.25, 0.3) is 0 Å². The largest absolute Gasteiger partial charge is 0.370 e. The summed E-state index contributed by atoms with van der Waals surface area (Å²) in [4.78, 5) is 8.35. The lowest BCUT2D eigenvalue weighted by Gasteiger charge is -2.44. The Labute approximate surface area is 119 Å². The number of guanidine groups is 1. The van der Waals surface area contributed by atoms with E-state index in [-0.39, 0.29) is 5.54 Å². The van der Waals surface area contributed by atoms with Gasteiger partial charge >= 0.3 is 0 Å². The maximum atomic E-state index is 6.17. The summed E-state index contributed by atoms with van der Waals surface area (Å²) in [5.41, 5.74) is 6.38. The average molecular weight is 277 g/mol. The third-order valence-electron chi connectivity index (χ3n) is 4.78. The lowest BCUT2D eigenvalue weighted by Crippen LogP contribution is -2.53. The van der Waals surface area contributed by atoms with Gasteiger partial charge < -0.3 is 10.6 Å². The molecule has 1 aliphatic carbocycles. The second-order valence-electron chi connectivity index (χ2n) is 5.93. The molecule has 2 atom stereocenters. The van der Waals surface area contributed by atoms with Gasteiger partial charge in [0, 0.05) is 4.88 Å². The summed E-state index contributed by atoms with van der Waals surface area (Å²) in [6.45, 7) is 4.15. The quantitative estimate of drug-likeness (QED) is 0.921. The lowest BCUT2D eigenvalue weighted by atomic mass is 9.74. The third-order valence-corrected chi connectivity index (χ3v) is 5.64. The summed E-state index contributed by atoms with van der Waals surface area (Å²) in [7, 11) is 0. The lowest BCUT2D eigenvalue weighted by molar-refractivity contribution is 0.102. The molecule has 4 heteroatoms. The van der Waals surface area contributed by atoms with Crippen molar-refractivity contribution in [3.05, 3.63) is 22.4 Å². The summed E-state index contributed by atoms with van der Waals surface area (Å²) in [5, 5.41) is 2.14. The minimum atomic E-state index is 0.215. The van der Waals surface area contributed by atoms with Crippen molar-refractivity contribution in [1.29, 1.82) is 0 Å². The molecule has 0 aromatic carbocycles. The number of nitrogens with two attached hydrogens (primary N) is 1. The Kier molecular flexibility index (Phi) is 3.52. The van der Waals surface area contributed by atoms with Crippen molar-refractivity contribution >= 4 is 17.3 Å². The fourth-order valence-electron chi connectivity index (χ4n) is 3.65. The predicted octanol–water partition coefficient (Wildman–Crippen LogP) is 3.22. The SMILES string of the molecule is CCC1CCCC2(CN=C(N)N2Cc2cccs2)C1. The van der Waals surface area contributed by atoms with Crippen LogP contribution >= 0.6 is 11.3 Å². The van der Waals surface area contributed by atoms with Crippen molar-refractivity contribution in [3.63, 3.8) is 0 Å². The normalized spacial score (nSPS) is 30.9. The molecular formula is C15H23N3S. The average Bonchev–Trinajstić information content (AvgIpc) is 3.04. The number of rotatable bonds is 3. The highest BCUT2D eigenvalue weighted by Gasteiger charge is 2.45. The van der Waals surface area contributed by atoms with Crippen LogP contribution < -0.4 is 5.73 Å². The molecule has 2 aliphatic rings.